The van der Waals surface area contributed by atoms with E-state index in [0.29, 0.717) is 16.5 Å². The largest absolute Gasteiger partial charge is 0.474 e. The third-order valence-corrected chi connectivity index (χ3v) is 5.18. The van der Waals surface area contributed by atoms with Crippen molar-refractivity contribution >= 4 is 17.5 Å². The van der Waals surface area contributed by atoms with Crippen LogP contribution in [0.5, 0.6) is 5.88 Å². The summed E-state index contributed by atoms with van der Waals surface area (Å²) in [5.41, 5.74) is 0.806. The molecule has 0 radical (unpaired) electrons. The minimum atomic E-state index is -0.00198. The lowest BCUT2D eigenvalue weighted by atomic mass is 9.71. The Labute approximate surface area is 148 Å². The summed E-state index contributed by atoms with van der Waals surface area (Å²) in [7, 11) is 0. The lowest BCUT2D eigenvalue weighted by molar-refractivity contribution is 0.0484. The van der Waals surface area contributed by atoms with Crippen LogP contribution in [0.25, 0.3) is 0 Å². The van der Waals surface area contributed by atoms with Crippen molar-refractivity contribution in [1.29, 1.82) is 0 Å². The summed E-state index contributed by atoms with van der Waals surface area (Å²) < 4.78 is 5.54. The van der Waals surface area contributed by atoms with Crippen LogP contribution < -0.4 is 4.74 Å². The molecule has 0 saturated carbocycles. The average molecular weight is 349 g/mol. The second-order valence-corrected chi connectivity index (χ2v) is 7.63. The van der Waals surface area contributed by atoms with Crippen LogP contribution in [-0.4, -0.2) is 35.0 Å². The lowest BCUT2D eigenvalue weighted by Gasteiger charge is -2.44. The number of pyridine rings is 1. The van der Waals surface area contributed by atoms with Crippen LogP contribution in [0.3, 0.4) is 0 Å². The first-order valence-electron chi connectivity index (χ1n) is 8.76. The molecule has 2 aliphatic rings. The predicted octanol–water partition coefficient (Wildman–Crippen LogP) is 4.48. The number of rotatable bonds is 3. The van der Waals surface area contributed by atoms with Crippen LogP contribution in [0, 0.1) is 5.41 Å². The van der Waals surface area contributed by atoms with E-state index in [2.05, 4.69) is 17.1 Å². The normalized spacial score (nSPS) is 23.8. The highest BCUT2D eigenvalue weighted by Crippen LogP contribution is 2.41. The number of hydrogen-bond donors (Lipinski definition) is 0. The summed E-state index contributed by atoms with van der Waals surface area (Å²) in [6.45, 7) is 5.48. The number of nitrogens with zero attached hydrogens (tertiary/aromatic N) is 2. The molecule has 1 aromatic heterocycles. The van der Waals surface area contributed by atoms with Crippen molar-refractivity contribution in [1.82, 2.24) is 9.88 Å². The van der Waals surface area contributed by atoms with Gasteiger partial charge >= 0.3 is 0 Å². The molecular weight excluding hydrogens is 324 g/mol. The molecule has 24 heavy (non-hydrogen) atoms. The van der Waals surface area contributed by atoms with Gasteiger partial charge in [-0.3, -0.25) is 4.79 Å². The fraction of sp³-hybridized carbons (Fsp3) is 0.579. The highest BCUT2D eigenvalue weighted by molar-refractivity contribution is 6.32. The van der Waals surface area contributed by atoms with E-state index in [1.807, 2.05) is 18.7 Å². The van der Waals surface area contributed by atoms with Gasteiger partial charge in [0.05, 0.1) is 11.7 Å². The predicted molar refractivity (Wildman–Crippen MR) is 95.6 cm³/mol. The molecule has 0 N–H and O–H groups in total. The fourth-order valence-corrected chi connectivity index (χ4v) is 3.94. The fourth-order valence-electron chi connectivity index (χ4n) is 3.73. The zero-order chi connectivity index (χ0) is 17.2. The zero-order valence-corrected chi connectivity index (χ0v) is 15.2. The molecule has 2 heterocycles. The molecule has 1 amide bonds. The molecule has 1 unspecified atom stereocenters. The van der Waals surface area contributed by atoms with E-state index in [-0.39, 0.29) is 17.4 Å². The first kappa shape index (κ1) is 17.3. The van der Waals surface area contributed by atoms with Crippen LogP contribution in [-0.2, 0) is 0 Å². The Morgan fingerprint density at radius 3 is 2.88 bits per heavy atom. The molecule has 1 atom stereocenters. The van der Waals surface area contributed by atoms with Crippen LogP contribution in [0.1, 0.15) is 56.3 Å². The van der Waals surface area contributed by atoms with Crippen LogP contribution in [0.4, 0.5) is 0 Å². The minimum absolute atomic E-state index is 0.00198. The molecule has 0 bridgehead atoms. The van der Waals surface area contributed by atoms with E-state index < -0.39 is 0 Å². The average Bonchev–Trinajstić information content (AvgIpc) is 2.56. The zero-order valence-electron chi connectivity index (χ0n) is 14.4. The molecular formula is C19H25ClN2O2. The van der Waals surface area contributed by atoms with Crippen molar-refractivity contribution in [3.8, 4) is 5.88 Å². The Hall–Kier alpha value is -1.55. The summed E-state index contributed by atoms with van der Waals surface area (Å²) in [4.78, 5) is 19.1. The maximum absolute atomic E-state index is 12.9. The van der Waals surface area contributed by atoms with Gasteiger partial charge in [0.2, 0.25) is 5.88 Å². The van der Waals surface area contributed by atoms with Crippen LogP contribution in [0.15, 0.2) is 24.4 Å². The van der Waals surface area contributed by atoms with Gasteiger partial charge in [-0.25, -0.2) is 4.98 Å². The second-order valence-electron chi connectivity index (χ2n) is 7.22. The Balaban J connectivity index is 1.74. The van der Waals surface area contributed by atoms with Gasteiger partial charge < -0.3 is 9.64 Å². The number of amides is 1. The first-order valence-corrected chi connectivity index (χ1v) is 9.13. The number of carbonyl (C=O) groups excluding carboxylic acids is 1. The van der Waals surface area contributed by atoms with Gasteiger partial charge in [0.15, 0.2) is 0 Å². The molecule has 1 fully saturated rings. The first-order chi connectivity index (χ1) is 11.5. The summed E-state index contributed by atoms with van der Waals surface area (Å²) in [5.74, 6) is 0.407. The van der Waals surface area contributed by atoms with E-state index in [1.165, 1.54) is 12.8 Å². The number of halogens is 1. The van der Waals surface area contributed by atoms with E-state index in [9.17, 15) is 4.79 Å². The molecule has 1 spiro atoms. The third kappa shape index (κ3) is 3.75. The molecule has 1 aliphatic heterocycles. The number of piperidine rings is 1. The van der Waals surface area contributed by atoms with Crippen molar-refractivity contribution in [2.75, 3.05) is 13.1 Å². The summed E-state index contributed by atoms with van der Waals surface area (Å²) in [5, 5.41) is 0.391. The van der Waals surface area contributed by atoms with Gasteiger partial charge in [-0.05, 0) is 57.4 Å². The summed E-state index contributed by atoms with van der Waals surface area (Å²) in [6, 6.07) is 1.68. The maximum Gasteiger partial charge on any atom is 0.255 e. The van der Waals surface area contributed by atoms with Gasteiger partial charge in [0.25, 0.3) is 5.91 Å². The van der Waals surface area contributed by atoms with Crippen LogP contribution in [0.2, 0.25) is 5.02 Å². The third-order valence-electron chi connectivity index (χ3n) is 4.91. The van der Waals surface area contributed by atoms with Gasteiger partial charge in [0, 0.05) is 19.3 Å². The molecule has 1 saturated heterocycles. The summed E-state index contributed by atoms with van der Waals surface area (Å²) >= 11 is 6.23. The Morgan fingerprint density at radius 1 is 1.38 bits per heavy atom. The van der Waals surface area contributed by atoms with E-state index >= 15 is 0 Å². The maximum atomic E-state index is 12.9. The van der Waals surface area contributed by atoms with Crippen LogP contribution >= 0.6 is 11.6 Å². The molecule has 3 rings (SSSR count). The number of hydrogen-bond acceptors (Lipinski definition) is 3. The SMILES string of the molecule is CC(C)Oc1ncc(C(=O)N2CCCC3(CC=CCC3)C2)cc1Cl. The summed E-state index contributed by atoms with van der Waals surface area (Å²) in [6.07, 6.45) is 11.8. The van der Waals surface area contributed by atoms with Crippen molar-refractivity contribution in [3.63, 3.8) is 0 Å². The number of likely N-dealkylation sites (tertiary alicyclic amines) is 1. The highest BCUT2D eigenvalue weighted by Gasteiger charge is 2.37. The van der Waals surface area contributed by atoms with Gasteiger partial charge in [0.1, 0.15) is 5.02 Å². The van der Waals surface area contributed by atoms with Gasteiger partial charge in [-0.15, -0.1) is 0 Å². The van der Waals surface area contributed by atoms with E-state index in [1.54, 1.807) is 12.3 Å². The van der Waals surface area contributed by atoms with Crippen molar-refractivity contribution in [2.45, 2.75) is 52.1 Å². The number of carbonyl (C=O) groups is 1. The van der Waals surface area contributed by atoms with Gasteiger partial charge in [-0.1, -0.05) is 23.8 Å². The van der Waals surface area contributed by atoms with Gasteiger partial charge in [-0.2, -0.15) is 0 Å². The number of aromatic nitrogens is 1. The minimum Gasteiger partial charge on any atom is -0.474 e. The number of ether oxygens (including phenoxy) is 1. The second kappa shape index (κ2) is 7.14. The van der Waals surface area contributed by atoms with Crippen molar-refractivity contribution in [3.05, 3.63) is 35.0 Å². The number of allylic oxidation sites excluding steroid dienone is 2. The Bertz CT molecular complexity index is 644. The molecule has 5 heteroatoms. The molecule has 0 aromatic carbocycles. The molecule has 1 aromatic rings. The van der Waals surface area contributed by atoms with Crippen molar-refractivity contribution in [2.24, 2.45) is 5.41 Å². The van der Waals surface area contributed by atoms with E-state index in [4.69, 9.17) is 16.3 Å². The molecule has 4 nitrogen and oxygen atoms in total. The van der Waals surface area contributed by atoms with E-state index in [0.717, 1.165) is 32.4 Å². The Kier molecular flexibility index (Phi) is 5.14. The molecule has 1 aliphatic carbocycles. The molecule has 130 valence electrons. The Morgan fingerprint density at radius 2 is 2.21 bits per heavy atom. The highest BCUT2D eigenvalue weighted by atomic mass is 35.5. The van der Waals surface area contributed by atoms with Crippen molar-refractivity contribution < 1.29 is 9.53 Å². The quantitative estimate of drug-likeness (QED) is 0.756. The standard InChI is InChI=1S/C19H25ClN2O2/c1-14(2)24-17-16(20)11-15(12-21-17)18(23)22-10-6-9-19(13-22)7-4-3-5-8-19/h3-4,11-12,14H,5-10,13H2,1-2H3. The monoisotopic (exact) mass is 348 g/mol. The smallest absolute Gasteiger partial charge is 0.255 e. The topological polar surface area (TPSA) is 42.4 Å². The lowest BCUT2D eigenvalue weighted by Crippen LogP contribution is -2.46.